The Morgan fingerprint density at radius 1 is 1.47 bits per heavy atom. The molecule has 1 aliphatic heterocycles. The maximum atomic E-state index is 11.2. The van der Waals surface area contributed by atoms with E-state index in [1.54, 1.807) is 6.92 Å². The Balaban J connectivity index is 2.05. The van der Waals surface area contributed by atoms with Crippen molar-refractivity contribution in [3.63, 3.8) is 0 Å². The Morgan fingerprint density at radius 2 is 2.27 bits per heavy atom. The first-order valence-electron chi connectivity index (χ1n) is 5.43. The van der Waals surface area contributed by atoms with E-state index in [9.17, 15) is 8.42 Å². The van der Waals surface area contributed by atoms with Gasteiger partial charge in [0.15, 0.2) is 0 Å². The summed E-state index contributed by atoms with van der Waals surface area (Å²) < 4.78 is 30.3. The molecular formula is C9H20N2O3S. The summed E-state index contributed by atoms with van der Waals surface area (Å²) in [6.07, 6.45) is 2.46. The van der Waals surface area contributed by atoms with Crippen LogP contribution < -0.4 is 10.0 Å². The third kappa shape index (κ3) is 5.46. The van der Waals surface area contributed by atoms with Crippen LogP contribution in [0.3, 0.4) is 0 Å². The highest BCUT2D eigenvalue weighted by Crippen LogP contribution is 2.10. The molecule has 1 unspecified atom stereocenters. The van der Waals surface area contributed by atoms with Gasteiger partial charge in [0.1, 0.15) is 0 Å². The summed E-state index contributed by atoms with van der Waals surface area (Å²) >= 11 is 0. The molecule has 5 nitrogen and oxygen atoms in total. The van der Waals surface area contributed by atoms with Crippen LogP contribution >= 0.6 is 0 Å². The smallest absolute Gasteiger partial charge is 0.212 e. The van der Waals surface area contributed by atoms with Crippen LogP contribution in [0.15, 0.2) is 0 Å². The lowest BCUT2D eigenvalue weighted by Gasteiger charge is -2.10. The molecule has 1 aliphatic rings. The second-order valence-corrected chi connectivity index (χ2v) is 5.58. The molecule has 1 atom stereocenters. The van der Waals surface area contributed by atoms with Crippen molar-refractivity contribution < 1.29 is 13.2 Å². The maximum Gasteiger partial charge on any atom is 0.212 e. The topological polar surface area (TPSA) is 67.4 Å². The molecule has 0 amide bonds. The molecule has 0 aromatic rings. The van der Waals surface area contributed by atoms with E-state index in [1.807, 2.05) is 0 Å². The molecule has 2 N–H and O–H groups in total. The highest BCUT2D eigenvalue weighted by molar-refractivity contribution is 7.89. The number of ether oxygens (including phenoxy) is 1. The largest absolute Gasteiger partial charge is 0.377 e. The lowest BCUT2D eigenvalue weighted by Crippen LogP contribution is -2.34. The molecule has 0 radical (unpaired) electrons. The summed E-state index contributed by atoms with van der Waals surface area (Å²) in [4.78, 5) is 0. The van der Waals surface area contributed by atoms with E-state index in [1.165, 1.54) is 0 Å². The van der Waals surface area contributed by atoms with Crippen molar-refractivity contribution in [1.82, 2.24) is 10.0 Å². The first kappa shape index (κ1) is 12.9. The van der Waals surface area contributed by atoms with E-state index in [0.717, 1.165) is 26.0 Å². The molecule has 1 rings (SSSR count). The van der Waals surface area contributed by atoms with Gasteiger partial charge in [-0.25, -0.2) is 13.1 Å². The summed E-state index contributed by atoms with van der Waals surface area (Å²) in [7, 11) is -3.08. The molecule has 1 heterocycles. The van der Waals surface area contributed by atoms with Crippen molar-refractivity contribution in [3.05, 3.63) is 0 Å². The van der Waals surface area contributed by atoms with E-state index in [2.05, 4.69) is 10.0 Å². The third-order valence-electron chi connectivity index (χ3n) is 2.31. The average Bonchev–Trinajstić information content (AvgIpc) is 2.65. The Kier molecular flexibility index (Phi) is 5.52. The number of nitrogens with one attached hydrogen (secondary N) is 2. The fourth-order valence-electron chi connectivity index (χ4n) is 1.57. The molecule has 15 heavy (non-hydrogen) atoms. The van der Waals surface area contributed by atoms with E-state index < -0.39 is 10.0 Å². The zero-order chi connectivity index (χ0) is 11.1. The van der Waals surface area contributed by atoms with Crippen molar-refractivity contribution >= 4 is 10.0 Å². The van der Waals surface area contributed by atoms with Crippen LogP contribution in [0.4, 0.5) is 0 Å². The molecule has 90 valence electrons. The second-order valence-electron chi connectivity index (χ2n) is 3.66. The van der Waals surface area contributed by atoms with Crippen LogP contribution in [-0.4, -0.2) is 46.5 Å². The first-order valence-corrected chi connectivity index (χ1v) is 7.09. The molecule has 0 saturated carbocycles. The van der Waals surface area contributed by atoms with Crippen LogP contribution in [0, 0.1) is 0 Å². The van der Waals surface area contributed by atoms with Crippen LogP contribution in [0.5, 0.6) is 0 Å². The lowest BCUT2D eigenvalue weighted by atomic mass is 10.2. The van der Waals surface area contributed by atoms with Gasteiger partial charge in [-0.2, -0.15) is 0 Å². The van der Waals surface area contributed by atoms with Crippen LogP contribution in [0.1, 0.15) is 19.8 Å². The number of hydrogen-bond acceptors (Lipinski definition) is 4. The van der Waals surface area contributed by atoms with Gasteiger partial charge in [0.2, 0.25) is 10.0 Å². The zero-order valence-corrected chi connectivity index (χ0v) is 9.98. The SMILES string of the molecule is CCNS(=O)(=O)CCNCC1CCCO1. The fourth-order valence-corrected chi connectivity index (χ4v) is 2.56. The van der Waals surface area contributed by atoms with Gasteiger partial charge < -0.3 is 10.1 Å². The molecule has 1 fully saturated rings. The van der Waals surface area contributed by atoms with Gasteiger partial charge >= 0.3 is 0 Å². The fraction of sp³-hybridized carbons (Fsp3) is 1.00. The standard InChI is InChI=1S/C9H20N2O3S/c1-2-11-15(12,13)7-5-10-8-9-4-3-6-14-9/h9-11H,2-8H2,1H3. The number of hydrogen-bond donors (Lipinski definition) is 2. The summed E-state index contributed by atoms with van der Waals surface area (Å²) in [6, 6.07) is 0. The van der Waals surface area contributed by atoms with Crippen molar-refractivity contribution in [2.75, 3.05) is 32.0 Å². The summed E-state index contributed by atoms with van der Waals surface area (Å²) in [5.74, 6) is 0.132. The van der Waals surface area contributed by atoms with E-state index in [0.29, 0.717) is 13.1 Å². The molecule has 0 aliphatic carbocycles. The predicted octanol–water partition coefficient (Wildman–Crippen LogP) is -0.306. The number of rotatable bonds is 7. The summed E-state index contributed by atoms with van der Waals surface area (Å²) in [5.41, 5.74) is 0. The normalized spacial score (nSPS) is 22.1. The van der Waals surface area contributed by atoms with Crippen molar-refractivity contribution in [3.8, 4) is 0 Å². The minimum absolute atomic E-state index is 0.132. The summed E-state index contributed by atoms with van der Waals surface area (Å²) in [6.45, 7) is 4.30. The quantitative estimate of drug-likeness (QED) is 0.595. The van der Waals surface area contributed by atoms with Gasteiger partial charge in [0.05, 0.1) is 11.9 Å². The van der Waals surface area contributed by atoms with E-state index in [-0.39, 0.29) is 11.9 Å². The monoisotopic (exact) mass is 236 g/mol. The van der Waals surface area contributed by atoms with Gasteiger partial charge in [0.25, 0.3) is 0 Å². The Morgan fingerprint density at radius 3 is 2.87 bits per heavy atom. The average molecular weight is 236 g/mol. The minimum Gasteiger partial charge on any atom is -0.377 e. The van der Waals surface area contributed by atoms with Crippen LogP contribution in [0.2, 0.25) is 0 Å². The second kappa shape index (κ2) is 6.42. The van der Waals surface area contributed by atoms with Gasteiger partial charge in [-0.15, -0.1) is 0 Å². The van der Waals surface area contributed by atoms with Crippen molar-refractivity contribution in [2.45, 2.75) is 25.9 Å². The Labute approximate surface area is 91.6 Å². The molecule has 1 saturated heterocycles. The molecule has 6 heteroatoms. The highest BCUT2D eigenvalue weighted by atomic mass is 32.2. The Bertz CT molecular complexity index is 261. The van der Waals surface area contributed by atoms with Crippen molar-refractivity contribution in [2.24, 2.45) is 0 Å². The molecule has 0 aromatic heterocycles. The van der Waals surface area contributed by atoms with Crippen LogP contribution in [0.25, 0.3) is 0 Å². The van der Waals surface area contributed by atoms with Gasteiger partial charge in [-0.1, -0.05) is 6.92 Å². The minimum atomic E-state index is -3.08. The van der Waals surface area contributed by atoms with E-state index >= 15 is 0 Å². The van der Waals surface area contributed by atoms with Gasteiger partial charge in [-0.3, -0.25) is 0 Å². The maximum absolute atomic E-state index is 11.2. The van der Waals surface area contributed by atoms with Gasteiger partial charge in [-0.05, 0) is 12.8 Å². The molecule has 0 aromatic carbocycles. The lowest BCUT2D eigenvalue weighted by molar-refractivity contribution is 0.110. The first-order chi connectivity index (χ1) is 7.14. The zero-order valence-electron chi connectivity index (χ0n) is 9.16. The van der Waals surface area contributed by atoms with Crippen LogP contribution in [-0.2, 0) is 14.8 Å². The summed E-state index contributed by atoms with van der Waals surface area (Å²) in [5, 5.41) is 3.10. The predicted molar refractivity (Wildman–Crippen MR) is 59.3 cm³/mol. The van der Waals surface area contributed by atoms with Crippen molar-refractivity contribution in [1.29, 1.82) is 0 Å². The van der Waals surface area contributed by atoms with E-state index in [4.69, 9.17) is 4.74 Å². The van der Waals surface area contributed by atoms with Gasteiger partial charge in [0, 0.05) is 26.2 Å². The number of sulfonamides is 1. The Hall–Kier alpha value is -0.170. The highest BCUT2D eigenvalue weighted by Gasteiger charge is 2.15. The molecular weight excluding hydrogens is 216 g/mol. The molecule has 0 spiro atoms. The third-order valence-corrected chi connectivity index (χ3v) is 3.78. The molecule has 0 bridgehead atoms.